The molecule has 0 aromatic heterocycles. The van der Waals surface area contributed by atoms with E-state index in [1.807, 2.05) is 6.21 Å². The molecule has 1 atom stereocenters. The number of benzene rings is 3. The van der Waals surface area contributed by atoms with Crippen molar-refractivity contribution in [2.24, 2.45) is 11.0 Å². The van der Waals surface area contributed by atoms with Gasteiger partial charge in [-0.3, -0.25) is 5.43 Å². The summed E-state index contributed by atoms with van der Waals surface area (Å²) in [5.41, 5.74) is 12.3. The molecular formula is C26H26N2. The van der Waals surface area contributed by atoms with Crippen molar-refractivity contribution >= 4 is 28.2 Å². The van der Waals surface area contributed by atoms with E-state index in [2.05, 4.69) is 105 Å². The fourth-order valence-corrected chi connectivity index (χ4v) is 4.09. The van der Waals surface area contributed by atoms with E-state index >= 15 is 0 Å². The van der Waals surface area contributed by atoms with Crippen LogP contribution in [0.1, 0.15) is 38.8 Å². The molecule has 0 fully saturated rings. The van der Waals surface area contributed by atoms with Crippen LogP contribution < -0.4 is 5.43 Å². The van der Waals surface area contributed by atoms with Gasteiger partial charge in [-0.25, -0.2) is 0 Å². The number of hydrogen-bond acceptors (Lipinski definition) is 2. The molecule has 1 aliphatic carbocycles. The molecule has 0 aliphatic heterocycles. The van der Waals surface area contributed by atoms with Gasteiger partial charge in [-0.15, -0.1) is 0 Å². The Balaban J connectivity index is 1.61. The standard InChI is InChI=1S/C26H26N2/c1-17-18(2)20(4)26(19(17)3)25-12-8-7-11-23(25)16-27-28-24-14-13-21-9-5-6-10-22(21)15-24/h5-16,19,28H,1-4H3/b27-16+. The first kappa shape index (κ1) is 18.2. The molecule has 4 rings (SSSR count). The van der Waals surface area contributed by atoms with E-state index in [0.717, 1.165) is 11.3 Å². The zero-order chi connectivity index (χ0) is 19.7. The Bertz CT molecular complexity index is 1130. The highest BCUT2D eigenvalue weighted by atomic mass is 15.3. The molecule has 0 spiro atoms. The van der Waals surface area contributed by atoms with Crippen LogP contribution in [0.15, 0.2) is 88.6 Å². The van der Waals surface area contributed by atoms with E-state index in [0.29, 0.717) is 5.92 Å². The van der Waals surface area contributed by atoms with Gasteiger partial charge in [-0.1, -0.05) is 67.1 Å². The number of nitrogens with one attached hydrogen (secondary N) is 1. The molecule has 28 heavy (non-hydrogen) atoms. The summed E-state index contributed by atoms with van der Waals surface area (Å²) in [6.45, 7) is 9.01. The van der Waals surface area contributed by atoms with Gasteiger partial charge in [0.15, 0.2) is 0 Å². The van der Waals surface area contributed by atoms with Crippen LogP contribution in [-0.4, -0.2) is 6.21 Å². The number of allylic oxidation sites excluding steroid dienone is 4. The topological polar surface area (TPSA) is 24.4 Å². The smallest absolute Gasteiger partial charge is 0.0568 e. The largest absolute Gasteiger partial charge is 0.278 e. The molecule has 0 saturated heterocycles. The lowest BCUT2D eigenvalue weighted by Gasteiger charge is -2.15. The number of hydrazone groups is 1. The van der Waals surface area contributed by atoms with E-state index in [1.54, 1.807) is 0 Å². The first-order chi connectivity index (χ1) is 13.6. The first-order valence-corrected chi connectivity index (χ1v) is 9.82. The summed E-state index contributed by atoms with van der Waals surface area (Å²) in [5, 5.41) is 6.97. The molecule has 1 aliphatic rings. The summed E-state index contributed by atoms with van der Waals surface area (Å²) in [5.74, 6) is 0.447. The molecule has 0 heterocycles. The van der Waals surface area contributed by atoms with E-state index in [4.69, 9.17) is 0 Å². The molecule has 2 heteroatoms. The minimum absolute atomic E-state index is 0.447. The predicted molar refractivity (Wildman–Crippen MR) is 122 cm³/mol. The number of rotatable bonds is 4. The van der Waals surface area contributed by atoms with Crippen molar-refractivity contribution in [2.75, 3.05) is 5.43 Å². The Hall–Kier alpha value is -3.13. The Morgan fingerprint density at radius 1 is 0.821 bits per heavy atom. The third-order valence-corrected chi connectivity index (χ3v) is 6.04. The molecule has 2 nitrogen and oxygen atoms in total. The number of fused-ring (bicyclic) bond motifs is 1. The van der Waals surface area contributed by atoms with Crippen LogP contribution in [0.25, 0.3) is 16.3 Å². The molecule has 1 N–H and O–H groups in total. The molecule has 0 radical (unpaired) electrons. The lowest BCUT2D eigenvalue weighted by atomic mass is 9.89. The van der Waals surface area contributed by atoms with Crippen LogP contribution in [0.5, 0.6) is 0 Å². The van der Waals surface area contributed by atoms with Gasteiger partial charge in [0.2, 0.25) is 0 Å². The van der Waals surface area contributed by atoms with E-state index in [1.165, 1.54) is 38.6 Å². The third kappa shape index (κ3) is 3.27. The van der Waals surface area contributed by atoms with E-state index in [-0.39, 0.29) is 0 Å². The van der Waals surface area contributed by atoms with Gasteiger partial charge in [0, 0.05) is 11.5 Å². The molecular weight excluding hydrogens is 340 g/mol. The van der Waals surface area contributed by atoms with Gasteiger partial charge < -0.3 is 0 Å². The SMILES string of the molecule is CC1=C(C)C(C)C(c2ccccc2/C=N/Nc2ccc3ccccc3c2)=C1C. The molecule has 0 saturated carbocycles. The molecule has 1 unspecified atom stereocenters. The fraction of sp³-hybridized carbons (Fsp3) is 0.192. The first-order valence-electron chi connectivity index (χ1n) is 9.82. The summed E-state index contributed by atoms with van der Waals surface area (Å²) in [6, 6.07) is 23.2. The number of nitrogens with zero attached hydrogens (tertiary/aromatic N) is 1. The van der Waals surface area contributed by atoms with E-state index in [9.17, 15) is 0 Å². The number of anilines is 1. The quantitative estimate of drug-likeness (QED) is 0.388. The van der Waals surface area contributed by atoms with E-state index < -0.39 is 0 Å². The van der Waals surface area contributed by atoms with Crippen LogP contribution in [0.4, 0.5) is 5.69 Å². The summed E-state index contributed by atoms with van der Waals surface area (Å²) >= 11 is 0. The van der Waals surface area contributed by atoms with Gasteiger partial charge in [0.1, 0.15) is 0 Å². The molecule has 0 bridgehead atoms. The van der Waals surface area contributed by atoms with Crippen LogP contribution in [0.2, 0.25) is 0 Å². The Kier molecular flexibility index (Phi) is 4.87. The lowest BCUT2D eigenvalue weighted by Crippen LogP contribution is -2.01. The van der Waals surface area contributed by atoms with Gasteiger partial charge in [0.25, 0.3) is 0 Å². The molecule has 0 amide bonds. The van der Waals surface area contributed by atoms with Crippen molar-refractivity contribution in [3.63, 3.8) is 0 Å². The van der Waals surface area contributed by atoms with Gasteiger partial charge >= 0.3 is 0 Å². The average Bonchev–Trinajstić information content (AvgIpc) is 2.91. The van der Waals surface area contributed by atoms with Crippen molar-refractivity contribution in [1.82, 2.24) is 0 Å². The van der Waals surface area contributed by atoms with Crippen LogP contribution in [0, 0.1) is 5.92 Å². The van der Waals surface area contributed by atoms with Crippen molar-refractivity contribution in [3.05, 3.63) is 94.6 Å². The second-order valence-corrected chi connectivity index (χ2v) is 7.59. The minimum atomic E-state index is 0.447. The van der Waals surface area contributed by atoms with Gasteiger partial charge in [-0.05, 0) is 66.0 Å². The average molecular weight is 367 g/mol. The van der Waals surface area contributed by atoms with Gasteiger partial charge in [-0.2, -0.15) is 5.10 Å². The van der Waals surface area contributed by atoms with Crippen molar-refractivity contribution in [2.45, 2.75) is 27.7 Å². The third-order valence-electron chi connectivity index (χ3n) is 6.04. The molecule has 140 valence electrons. The molecule has 3 aromatic carbocycles. The van der Waals surface area contributed by atoms with Crippen molar-refractivity contribution in [1.29, 1.82) is 0 Å². The van der Waals surface area contributed by atoms with Crippen molar-refractivity contribution < 1.29 is 0 Å². The lowest BCUT2D eigenvalue weighted by molar-refractivity contribution is 0.895. The maximum absolute atomic E-state index is 4.53. The second kappa shape index (κ2) is 7.47. The highest BCUT2D eigenvalue weighted by molar-refractivity contribution is 5.92. The van der Waals surface area contributed by atoms with Crippen LogP contribution >= 0.6 is 0 Å². The zero-order valence-electron chi connectivity index (χ0n) is 17.0. The fourth-order valence-electron chi connectivity index (χ4n) is 4.09. The van der Waals surface area contributed by atoms with Crippen LogP contribution in [0.3, 0.4) is 0 Å². The predicted octanol–water partition coefficient (Wildman–Crippen LogP) is 7.05. The second-order valence-electron chi connectivity index (χ2n) is 7.59. The minimum Gasteiger partial charge on any atom is -0.278 e. The Morgan fingerprint density at radius 3 is 2.29 bits per heavy atom. The highest BCUT2D eigenvalue weighted by Gasteiger charge is 2.25. The maximum atomic E-state index is 4.53. The zero-order valence-corrected chi connectivity index (χ0v) is 17.0. The highest BCUT2D eigenvalue weighted by Crippen LogP contribution is 2.42. The summed E-state index contributed by atoms with van der Waals surface area (Å²) in [7, 11) is 0. The summed E-state index contributed by atoms with van der Waals surface area (Å²) in [6.07, 6.45) is 1.93. The Labute approximate surface area is 167 Å². The van der Waals surface area contributed by atoms with Gasteiger partial charge in [0.05, 0.1) is 11.9 Å². The molecule has 3 aromatic rings. The Morgan fingerprint density at radius 2 is 1.54 bits per heavy atom. The maximum Gasteiger partial charge on any atom is 0.0568 e. The number of hydrogen-bond donors (Lipinski definition) is 1. The van der Waals surface area contributed by atoms with Crippen LogP contribution in [-0.2, 0) is 0 Å². The summed E-state index contributed by atoms with van der Waals surface area (Å²) < 4.78 is 0. The summed E-state index contributed by atoms with van der Waals surface area (Å²) in [4.78, 5) is 0. The van der Waals surface area contributed by atoms with Crippen molar-refractivity contribution in [3.8, 4) is 0 Å². The normalized spacial score (nSPS) is 17.2. The monoisotopic (exact) mass is 366 g/mol.